The molecule has 0 fully saturated rings. The van der Waals surface area contributed by atoms with Crippen LogP contribution in [0.3, 0.4) is 0 Å². The van der Waals surface area contributed by atoms with Crippen molar-refractivity contribution in [3.63, 3.8) is 0 Å². The Balaban J connectivity index is 1.62. The Morgan fingerprint density at radius 1 is 1.06 bits per heavy atom. The predicted molar refractivity (Wildman–Crippen MR) is 127 cm³/mol. The zero-order valence-electron chi connectivity index (χ0n) is 18.2. The van der Waals surface area contributed by atoms with E-state index >= 15 is 0 Å². The van der Waals surface area contributed by atoms with Crippen LogP contribution in [0.2, 0.25) is 5.02 Å². The Kier molecular flexibility index (Phi) is 5.86. The third kappa shape index (κ3) is 4.18. The van der Waals surface area contributed by atoms with E-state index in [4.69, 9.17) is 16.1 Å². The molecular weight excluding hydrogens is 455 g/mol. The molecule has 0 saturated heterocycles. The van der Waals surface area contributed by atoms with Crippen molar-refractivity contribution in [1.82, 2.24) is 20.4 Å². The van der Waals surface area contributed by atoms with Gasteiger partial charge in [-0.3, -0.25) is 4.90 Å². The zero-order valence-corrected chi connectivity index (χ0v) is 19.0. The van der Waals surface area contributed by atoms with Gasteiger partial charge in [-0.2, -0.15) is 4.98 Å². The first-order valence-electron chi connectivity index (χ1n) is 10.7. The van der Waals surface area contributed by atoms with Gasteiger partial charge in [0.25, 0.3) is 5.89 Å². The van der Waals surface area contributed by atoms with Gasteiger partial charge >= 0.3 is 6.03 Å². The Morgan fingerprint density at radius 3 is 2.59 bits per heavy atom. The van der Waals surface area contributed by atoms with Crippen molar-refractivity contribution in [2.45, 2.75) is 19.5 Å². The first-order chi connectivity index (χ1) is 16.5. The van der Waals surface area contributed by atoms with Gasteiger partial charge in [-0.25, -0.2) is 9.18 Å². The van der Waals surface area contributed by atoms with E-state index in [1.54, 1.807) is 23.1 Å². The highest BCUT2D eigenvalue weighted by atomic mass is 35.5. The fourth-order valence-electron chi connectivity index (χ4n) is 4.02. The number of amides is 2. The average molecular weight is 475 g/mol. The number of urea groups is 1. The van der Waals surface area contributed by atoms with Crippen LogP contribution < -0.4 is 5.32 Å². The number of carbonyl (C=O) groups excluding carboxylic acids is 1. The first kappa shape index (κ1) is 21.9. The molecule has 3 aromatic carbocycles. The van der Waals surface area contributed by atoms with Crippen LogP contribution in [0.4, 0.5) is 9.18 Å². The summed E-state index contributed by atoms with van der Waals surface area (Å²) in [6, 6.07) is 21.9. The molecule has 34 heavy (non-hydrogen) atoms. The molecule has 1 aromatic heterocycles. The van der Waals surface area contributed by atoms with Crippen LogP contribution >= 0.6 is 11.6 Å². The quantitative estimate of drug-likeness (QED) is 0.372. The molecule has 1 unspecified atom stereocenters. The number of allylic oxidation sites excluding steroid dienone is 1. The fraction of sp³-hybridized carbons (Fsp3) is 0.115. The summed E-state index contributed by atoms with van der Waals surface area (Å²) >= 11 is 6.35. The molecule has 5 rings (SSSR count). The maximum Gasteiger partial charge on any atom is 0.322 e. The topological polar surface area (TPSA) is 71.3 Å². The van der Waals surface area contributed by atoms with Crippen molar-refractivity contribution < 1.29 is 13.7 Å². The van der Waals surface area contributed by atoms with E-state index in [1.165, 1.54) is 12.1 Å². The maximum atomic E-state index is 14.1. The molecule has 1 atom stereocenters. The summed E-state index contributed by atoms with van der Waals surface area (Å²) in [5.74, 6) is 0.260. The minimum atomic E-state index is -0.672. The molecule has 2 amide bonds. The number of nitrogens with zero attached hydrogens (tertiary/aromatic N) is 3. The van der Waals surface area contributed by atoms with Crippen LogP contribution in [0.15, 0.2) is 89.1 Å². The fourth-order valence-corrected chi connectivity index (χ4v) is 4.21. The van der Waals surface area contributed by atoms with E-state index in [2.05, 4.69) is 15.5 Å². The molecule has 2 heterocycles. The van der Waals surface area contributed by atoms with E-state index in [9.17, 15) is 9.18 Å². The molecule has 0 radical (unpaired) electrons. The second-order valence-electron chi connectivity index (χ2n) is 7.90. The monoisotopic (exact) mass is 474 g/mol. The van der Waals surface area contributed by atoms with Crippen LogP contribution in [0, 0.1) is 5.82 Å². The number of benzene rings is 3. The van der Waals surface area contributed by atoms with Crippen molar-refractivity contribution in [2.24, 2.45) is 0 Å². The molecule has 0 aliphatic carbocycles. The van der Waals surface area contributed by atoms with Gasteiger partial charge in [0, 0.05) is 16.3 Å². The van der Waals surface area contributed by atoms with Crippen molar-refractivity contribution in [3.8, 4) is 11.4 Å². The lowest BCUT2D eigenvalue weighted by Crippen LogP contribution is -2.45. The van der Waals surface area contributed by atoms with Gasteiger partial charge in [0.15, 0.2) is 0 Å². The van der Waals surface area contributed by atoms with Crippen LogP contribution in [0.5, 0.6) is 0 Å². The SMILES string of the molecule is CC1=C(c2nc(-c3ccccc3)no2)C(c2cccc(F)c2)NC(=O)N1Cc1ccccc1Cl. The first-order valence-corrected chi connectivity index (χ1v) is 11.1. The minimum absolute atomic E-state index is 0.245. The molecule has 0 saturated carbocycles. The standard InChI is InChI=1S/C26H20ClFN4O2/c1-16-22(25-30-24(31-34-25)17-8-3-2-4-9-17)23(18-11-7-12-20(28)14-18)29-26(33)32(16)15-19-10-5-6-13-21(19)27/h2-14,23H,15H2,1H3,(H,29,33). The van der Waals surface area contributed by atoms with Crippen LogP contribution in [0.1, 0.15) is 30.0 Å². The van der Waals surface area contributed by atoms with Crippen molar-refractivity contribution in [3.05, 3.63) is 112 Å². The molecule has 170 valence electrons. The maximum absolute atomic E-state index is 14.1. The number of halogens is 2. The number of hydrogen-bond donors (Lipinski definition) is 1. The van der Waals surface area contributed by atoms with Crippen LogP contribution in [0.25, 0.3) is 17.0 Å². The minimum Gasteiger partial charge on any atom is -0.334 e. The lowest BCUT2D eigenvalue weighted by atomic mass is 9.94. The second kappa shape index (κ2) is 9.11. The lowest BCUT2D eigenvalue weighted by Gasteiger charge is -2.35. The van der Waals surface area contributed by atoms with E-state index in [0.29, 0.717) is 27.7 Å². The normalized spacial score (nSPS) is 16.0. The highest BCUT2D eigenvalue weighted by Gasteiger charge is 2.36. The lowest BCUT2D eigenvalue weighted by molar-refractivity contribution is 0.203. The van der Waals surface area contributed by atoms with Crippen molar-refractivity contribution >= 4 is 23.2 Å². The molecule has 8 heteroatoms. The number of hydrogen-bond acceptors (Lipinski definition) is 4. The molecule has 4 aromatic rings. The largest absolute Gasteiger partial charge is 0.334 e. The average Bonchev–Trinajstić information content (AvgIpc) is 3.33. The molecule has 1 N–H and O–H groups in total. The van der Waals surface area contributed by atoms with Gasteiger partial charge in [-0.1, -0.05) is 77.4 Å². The smallest absolute Gasteiger partial charge is 0.322 e. The van der Waals surface area contributed by atoms with E-state index in [1.807, 2.05) is 55.5 Å². The number of carbonyl (C=O) groups is 1. The molecule has 0 spiro atoms. The Labute approximate surface area is 200 Å². The number of rotatable bonds is 5. The van der Waals surface area contributed by atoms with Gasteiger partial charge in [0.1, 0.15) is 5.82 Å². The number of aromatic nitrogens is 2. The van der Waals surface area contributed by atoms with Gasteiger partial charge in [0.05, 0.1) is 18.2 Å². The van der Waals surface area contributed by atoms with Gasteiger partial charge in [0.2, 0.25) is 5.82 Å². The van der Waals surface area contributed by atoms with E-state index in [-0.39, 0.29) is 18.5 Å². The van der Waals surface area contributed by atoms with E-state index < -0.39 is 11.9 Å². The summed E-state index contributed by atoms with van der Waals surface area (Å²) < 4.78 is 19.7. The Bertz CT molecular complexity index is 1390. The van der Waals surface area contributed by atoms with Crippen LogP contribution in [-0.4, -0.2) is 21.1 Å². The van der Waals surface area contributed by atoms with Gasteiger partial charge in [-0.05, 0) is 36.2 Å². The molecular formula is C26H20ClFN4O2. The second-order valence-corrected chi connectivity index (χ2v) is 8.31. The molecule has 6 nitrogen and oxygen atoms in total. The highest BCUT2D eigenvalue weighted by Crippen LogP contribution is 2.38. The molecule has 1 aliphatic heterocycles. The van der Waals surface area contributed by atoms with Gasteiger partial charge in [-0.15, -0.1) is 0 Å². The predicted octanol–water partition coefficient (Wildman–Crippen LogP) is 6.23. The van der Waals surface area contributed by atoms with Crippen molar-refractivity contribution in [2.75, 3.05) is 0 Å². The van der Waals surface area contributed by atoms with E-state index in [0.717, 1.165) is 11.1 Å². The Morgan fingerprint density at radius 2 is 1.82 bits per heavy atom. The van der Waals surface area contributed by atoms with Crippen LogP contribution in [-0.2, 0) is 6.54 Å². The van der Waals surface area contributed by atoms with Gasteiger partial charge < -0.3 is 9.84 Å². The summed E-state index contributed by atoms with van der Waals surface area (Å²) in [6.45, 7) is 2.06. The summed E-state index contributed by atoms with van der Waals surface area (Å²) in [6.07, 6.45) is 0. The highest BCUT2D eigenvalue weighted by molar-refractivity contribution is 6.31. The molecule has 1 aliphatic rings. The zero-order chi connectivity index (χ0) is 23.7. The molecule has 0 bridgehead atoms. The third-order valence-corrected chi connectivity index (χ3v) is 6.12. The third-order valence-electron chi connectivity index (χ3n) is 5.75. The summed E-state index contributed by atoms with van der Waals surface area (Å²) in [4.78, 5) is 19.3. The Hall–Kier alpha value is -3.97. The summed E-state index contributed by atoms with van der Waals surface area (Å²) in [7, 11) is 0. The number of nitrogens with one attached hydrogen (secondary N) is 1. The summed E-state index contributed by atoms with van der Waals surface area (Å²) in [5.41, 5.74) is 3.36. The summed E-state index contributed by atoms with van der Waals surface area (Å²) in [5, 5.41) is 7.66. The van der Waals surface area contributed by atoms with Crippen molar-refractivity contribution in [1.29, 1.82) is 0 Å².